The zero-order valence-electron chi connectivity index (χ0n) is 12.7. The molecule has 0 aromatic carbocycles. The van der Waals surface area contributed by atoms with E-state index in [1.54, 1.807) is 30.6 Å². The summed E-state index contributed by atoms with van der Waals surface area (Å²) in [5.41, 5.74) is 0.0132. The second kappa shape index (κ2) is 7.04. The predicted octanol–water partition coefficient (Wildman–Crippen LogP) is 0.811. The largest absolute Gasteiger partial charge is 0.350 e. The standard InChI is InChI=1S/C16H19N5O2/c22-14-6-1-5-13(20-14)15(23)19-10-12-4-2-9-21(11-12)16-17-7-3-8-18-16/h1,3,5-8,12H,2,4,9-11H2,(H,19,23)(H,20,22)/t12-/m1/s1. The predicted molar refractivity (Wildman–Crippen MR) is 86.4 cm³/mol. The third-order valence-corrected chi connectivity index (χ3v) is 3.92. The van der Waals surface area contributed by atoms with Crippen LogP contribution < -0.4 is 15.8 Å². The van der Waals surface area contributed by atoms with E-state index in [-0.39, 0.29) is 17.2 Å². The molecule has 2 aromatic heterocycles. The molecule has 0 saturated carbocycles. The number of rotatable bonds is 4. The van der Waals surface area contributed by atoms with E-state index in [1.165, 1.54) is 6.07 Å². The molecule has 7 nitrogen and oxygen atoms in total. The number of piperidine rings is 1. The topological polar surface area (TPSA) is 91.0 Å². The number of pyridine rings is 1. The molecular weight excluding hydrogens is 294 g/mol. The fourth-order valence-electron chi connectivity index (χ4n) is 2.78. The second-order valence-corrected chi connectivity index (χ2v) is 5.64. The normalized spacial score (nSPS) is 17.7. The van der Waals surface area contributed by atoms with Gasteiger partial charge in [0.2, 0.25) is 11.5 Å². The van der Waals surface area contributed by atoms with Crippen LogP contribution in [0.4, 0.5) is 5.95 Å². The van der Waals surface area contributed by atoms with Crippen molar-refractivity contribution in [3.8, 4) is 0 Å². The summed E-state index contributed by atoms with van der Waals surface area (Å²) >= 11 is 0. The van der Waals surface area contributed by atoms with Gasteiger partial charge in [0.1, 0.15) is 5.69 Å². The number of hydrogen-bond acceptors (Lipinski definition) is 5. The van der Waals surface area contributed by atoms with Crippen LogP contribution >= 0.6 is 0 Å². The molecule has 1 atom stereocenters. The number of H-pyrrole nitrogens is 1. The first-order valence-electron chi connectivity index (χ1n) is 7.72. The second-order valence-electron chi connectivity index (χ2n) is 5.64. The minimum atomic E-state index is -0.275. The monoisotopic (exact) mass is 313 g/mol. The summed E-state index contributed by atoms with van der Waals surface area (Å²) in [5.74, 6) is 0.818. The van der Waals surface area contributed by atoms with E-state index in [2.05, 4.69) is 25.2 Å². The van der Waals surface area contributed by atoms with Gasteiger partial charge < -0.3 is 15.2 Å². The van der Waals surface area contributed by atoms with Crippen LogP contribution in [0.2, 0.25) is 0 Å². The molecule has 1 fully saturated rings. The molecule has 2 N–H and O–H groups in total. The molecule has 0 radical (unpaired) electrons. The Hall–Kier alpha value is -2.70. The lowest BCUT2D eigenvalue weighted by Gasteiger charge is -2.32. The summed E-state index contributed by atoms with van der Waals surface area (Å²) in [7, 11) is 0. The van der Waals surface area contributed by atoms with Gasteiger partial charge in [0.25, 0.3) is 5.91 Å². The minimum Gasteiger partial charge on any atom is -0.350 e. The Labute approximate surface area is 133 Å². The summed E-state index contributed by atoms with van der Waals surface area (Å²) in [6.45, 7) is 2.31. The number of carbonyl (C=O) groups is 1. The van der Waals surface area contributed by atoms with Crippen molar-refractivity contribution in [3.05, 3.63) is 52.7 Å². The van der Waals surface area contributed by atoms with Crippen LogP contribution in [0.3, 0.4) is 0 Å². The fourth-order valence-corrected chi connectivity index (χ4v) is 2.78. The summed E-state index contributed by atoms with van der Waals surface area (Å²) in [5, 5.41) is 2.89. The van der Waals surface area contributed by atoms with Gasteiger partial charge in [0.15, 0.2) is 0 Å². The number of amides is 1. The lowest BCUT2D eigenvalue weighted by molar-refractivity contribution is 0.0940. The third kappa shape index (κ3) is 3.94. The van der Waals surface area contributed by atoms with Crippen LogP contribution in [-0.4, -0.2) is 40.5 Å². The Morgan fingerprint density at radius 1 is 1.30 bits per heavy atom. The maximum absolute atomic E-state index is 12.1. The molecule has 1 amide bonds. The molecule has 1 saturated heterocycles. The lowest BCUT2D eigenvalue weighted by atomic mass is 9.98. The van der Waals surface area contributed by atoms with Gasteiger partial charge in [-0.3, -0.25) is 9.59 Å². The van der Waals surface area contributed by atoms with Crippen LogP contribution in [0, 0.1) is 5.92 Å². The Kier molecular flexibility index (Phi) is 4.65. The van der Waals surface area contributed by atoms with Crippen LogP contribution in [0.1, 0.15) is 23.3 Å². The number of anilines is 1. The average Bonchev–Trinajstić information content (AvgIpc) is 2.61. The van der Waals surface area contributed by atoms with Crippen molar-refractivity contribution < 1.29 is 4.79 Å². The lowest BCUT2D eigenvalue weighted by Crippen LogP contribution is -2.41. The number of aromatic amines is 1. The van der Waals surface area contributed by atoms with Gasteiger partial charge in [-0.05, 0) is 30.9 Å². The van der Waals surface area contributed by atoms with Crippen LogP contribution in [-0.2, 0) is 0 Å². The molecule has 0 unspecified atom stereocenters. The van der Waals surface area contributed by atoms with Gasteiger partial charge in [0.05, 0.1) is 0 Å². The van der Waals surface area contributed by atoms with Gasteiger partial charge in [-0.25, -0.2) is 9.97 Å². The SMILES string of the molecule is O=C(NC[C@H]1CCCN(c2ncccn2)C1)c1cccc(=O)[nH]1. The Bertz CT molecular complexity index is 716. The molecule has 0 spiro atoms. The van der Waals surface area contributed by atoms with Crippen LogP contribution in [0.25, 0.3) is 0 Å². The molecule has 0 bridgehead atoms. The average molecular weight is 313 g/mol. The molecule has 3 heterocycles. The number of carbonyl (C=O) groups excluding carboxylic acids is 1. The van der Waals surface area contributed by atoms with E-state index in [0.29, 0.717) is 12.5 Å². The van der Waals surface area contributed by atoms with Crippen molar-refractivity contribution in [3.63, 3.8) is 0 Å². The first-order valence-corrected chi connectivity index (χ1v) is 7.72. The Balaban J connectivity index is 1.56. The van der Waals surface area contributed by atoms with Gasteiger partial charge in [-0.1, -0.05) is 6.07 Å². The molecule has 3 rings (SSSR count). The van der Waals surface area contributed by atoms with Gasteiger partial charge in [-0.2, -0.15) is 0 Å². The summed E-state index contributed by atoms with van der Waals surface area (Å²) in [6, 6.07) is 6.35. The number of nitrogens with zero attached hydrogens (tertiary/aromatic N) is 3. The summed E-state index contributed by atoms with van der Waals surface area (Å²) in [4.78, 5) is 36.5. The zero-order valence-corrected chi connectivity index (χ0v) is 12.7. The Morgan fingerprint density at radius 3 is 2.91 bits per heavy atom. The highest BCUT2D eigenvalue weighted by atomic mass is 16.2. The zero-order chi connectivity index (χ0) is 16.1. The van der Waals surface area contributed by atoms with E-state index >= 15 is 0 Å². The molecule has 1 aliphatic heterocycles. The quantitative estimate of drug-likeness (QED) is 0.872. The van der Waals surface area contributed by atoms with E-state index in [1.807, 2.05) is 0 Å². The van der Waals surface area contributed by atoms with Gasteiger partial charge in [0, 0.05) is 38.1 Å². The van der Waals surface area contributed by atoms with Gasteiger partial charge in [-0.15, -0.1) is 0 Å². The van der Waals surface area contributed by atoms with Crippen LogP contribution in [0.15, 0.2) is 41.5 Å². The number of hydrogen-bond donors (Lipinski definition) is 2. The highest BCUT2D eigenvalue weighted by Crippen LogP contribution is 2.19. The smallest absolute Gasteiger partial charge is 0.267 e. The first kappa shape index (κ1) is 15.2. The highest BCUT2D eigenvalue weighted by Gasteiger charge is 2.22. The molecule has 7 heteroatoms. The van der Waals surface area contributed by atoms with Crippen molar-refractivity contribution in [2.45, 2.75) is 12.8 Å². The van der Waals surface area contributed by atoms with Crippen molar-refractivity contribution in [2.75, 3.05) is 24.5 Å². The van der Waals surface area contributed by atoms with E-state index < -0.39 is 0 Å². The maximum Gasteiger partial charge on any atom is 0.267 e. The van der Waals surface area contributed by atoms with Gasteiger partial charge >= 0.3 is 0 Å². The van der Waals surface area contributed by atoms with Crippen LogP contribution in [0.5, 0.6) is 0 Å². The fraction of sp³-hybridized carbons (Fsp3) is 0.375. The minimum absolute atomic E-state index is 0.254. The van der Waals surface area contributed by atoms with Crippen molar-refractivity contribution in [1.29, 1.82) is 0 Å². The van der Waals surface area contributed by atoms with E-state index in [0.717, 1.165) is 31.9 Å². The maximum atomic E-state index is 12.1. The van der Waals surface area contributed by atoms with Crippen molar-refractivity contribution in [2.24, 2.45) is 5.92 Å². The van der Waals surface area contributed by atoms with E-state index in [9.17, 15) is 9.59 Å². The molecule has 1 aliphatic rings. The number of aromatic nitrogens is 3. The molecule has 2 aromatic rings. The van der Waals surface area contributed by atoms with Crippen molar-refractivity contribution in [1.82, 2.24) is 20.3 Å². The molecule has 120 valence electrons. The summed E-state index contributed by atoms with van der Waals surface area (Å²) < 4.78 is 0. The highest BCUT2D eigenvalue weighted by molar-refractivity contribution is 5.92. The first-order chi connectivity index (χ1) is 11.2. The molecule has 23 heavy (non-hydrogen) atoms. The van der Waals surface area contributed by atoms with Crippen molar-refractivity contribution >= 4 is 11.9 Å². The molecular formula is C16H19N5O2. The van der Waals surface area contributed by atoms with E-state index in [4.69, 9.17) is 0 Å². The molecule has 0 aliphatic carbocycles. The Morgan fingerprint density at radius 2 is 2.13 bits per heavy atom. The summed E-state index contributed by atoms with van der Waals surface area (Å²) in [6.07, 6.45) is 5.56. The third-order valence-electron chi connectivity index (χ3n) is 3.92. The number of nitrogens with one attached hydrogen (secondary N) is 2.